The van der Waals surface area contributed by atoms with E-state index in [1.807, 2.05) is 18.2 Å². The molecule has 30 heavy (non-hydrogen) atoms. The van der Waals surface area contributed by atoms with Crippen LogP contribution in [0.5, 0.6) is 5.75 Å². The van der Waals surface area contributed by atoms with Gasteiger partial charge in [0.05, 0.1) is 24.6 Å². The van der Waals surface area contributed by atoms with Crippen molar-refractivity contribution in [2.75, 3.05) is 44.3 Å². The maximum absolute atomic E-state index is 11.9. The van der Waals surface area contributed by atoms with Gasteiger partial charge >= 0.3 is 0 Å². The van der Waals surface area contributed by atoms with Crippen LogP contribution in [-0.2, 0) is 9.53 Å². The fourth-order valence-corrected chi connectivity index (χ4v) is 4.21. The predicted octanol–water partition coefficient (Wildman–Crippen LogP) is 2.28. The fraction of sp³-hybridized carbons (Fsp3) is 0.318. The lowest BCUT2D eigenvalue weighted by Crippen LogP contribution is -2.48. The zero-order valence-electron chi connectivity index (χ0n) is 16.5. The summed E-state index contributed by atoms with van der Waals surface area (Å²) in [5.74, 6) is 0.332. The van der Waals surface area contributed by atoms with E-state index >= 15 is 0 Å². The van der Waals surface area contributed by atoms with Crippen molar-refractivity contribution in [3.63, 3.8) is 0 Å². The summed E-state index contributed by atoms with van der Waals surface area (Å²) in [6.45, 7) is 7.78. The highest BCUT2D eigenvalue weighted by Gasteiger charge is 2.35. The molecule has 2 aromatic heterocycles. The predicted molar refractivity (Wildman–Crippen MR) is 114 cm³/mol. The Kier molecular flexibility index (Phi) is 4.63. The number of morpholine rings is 1. The Bertz CT molecular complexity index is 1110. The van der Waals surface area contributed by atoms with E-state index in [0.29, 0.717) is 43.2 Å². The van der Waals surface area contributed by atoms with Crippen molar-refractivity contribution in [3.05, 3.63) is 48.7 Å². The number of rotatable bonds is 4. The van der Waals surface area contributed by atoms with Gasteiger partial charge in [-0.15, -0.1) is 10.2 Å². The molecule has 0 radical (unpaired) electrons. The maximum atomic E-state index is 11.9. The zero-order valence-corrected chi connectivity index (χ0v) is 16.5. The first kappa shape index (κ1) is 18.6. The van der Waals surface area contributed by atoms with Crippen molar-refractivity contribution >= 4 is 22.6 Å². The smallest absolute Gasteiger partial charge is 0.245 e. The molecule has 1 amide bonds. The lowest BCUT2D eigenvalue weighted by atomic mass is 9.94. The van der Waals surface area contributed by atoms with Gasteiger partial charge in [-0.25, -0.2) is 0 Å². The number of H-pyrrole nitrogens is 1. The second kappa shape index (κ2) is 7.46. The second-order valence-electron chi connectivity index (χ2n) is 7.64. The highest BCUT2D eigenvalue weighted by Crippen LogP contribution is 2.40. The number of phenolic OH excluding ortho intramolecular Hbond substituents is 1. The molecule has 2 aliphatic heterocycles. The minimum absolute atomic E-state index is 0.0445. The molecular weight excluding hydrogens is 382 g/mol. The number of fused-ring (bicyclic) bond motifs is 1. The average molecular weight is 405 g/mol. The number of aromatic hydroxyl groups is 1. The molecular formula is C22H23N5O3. The summed E-state index contributed by atoms with van der Waals surface area (Å²) in [7, 11) is 0. The topological polar surface area (TPSA) is 94.6 Å². The van der Waals surface area contributed by atoms with Crippen LogP contribution in [0.15, 0.2) is 43.0 Å². The van der Waals surface area contributed by atoms with Gasteiger partial charge in [-0.3, -0.25) is 4.79 Å². The molecule has 2 fully saturated rings. The molecule has 0 spiro atoms. The number of hydrogen-bond acceptors (Lipinski definition) is 6. The highest BCUT2D eigenvalue weighted by atomic mass is 16.5. The van der Waals surface area contributed by atoms with E-state index < -0.39 is 0 Å². The first-order chi connectivity index (χ1) is 14.7. The summed E-state index contributed by atoms with van der Waals surface area (Å²) in [4.78, 5) is 19.4. The summed E-state index contributed by atoms with van der Waals surface area (Å²) >= 11 is 0. The Labute approximate surface area is 173 Å². The van der Waals surface area contributed by atoms with E-state index in [0.717, 1.165) is 29.9 Å². The van der Waals surface area contributed by atoms with Gasteiger partial charge in [0.15, 0.2) is 5.65 Å². The number of ether oxygens (including phenoxy) is 1. The number of para-hydroxylation sites is 1. The van der Waals surface area contributed by atoms with Gasteiger partial charge in [-0.1, -0.05) is 18.7 Å². The third-order valence-corrected chi connectivity index (χ3v) is 5.84. The number of benzene rings is 1. The van der Waals surface area contributed by atoms with E-state index in [9.17, 15) is 9.90 Å². The number of carbonyl (C=O) groups excluding carboxylic acids is 1. The molecule has 0 bridgehead atoms. The molecule has 0 saturated carbocycles. The Morgan fingerprint density at radius 1 is 1.23 bits per heavy atom. The standard InChI is InChI=1S/C22H23N5O3/c1-2-19(29)27-12-14(13-27)20-21(26-7-9-30-10-8-26)16-11-17(24-25-22(16)23-20)15-5-3-4-6-18(15)28/h2-6,11,14,28H,1,7-10,12-13H2,(H,23,25). The third-order valence-electron chi connectivity index (χ3n) is 5.84. The molecule has 5 rings (SSSR count). The normalized spacial score (nSPS) is 17.2. The highest BCUT2D eigenvalue weighted by molar-refractivity contribution is 5.95. The van der Waals surface area contributed by atoms with E-state index in [4.69, 9.17) is 4.74 Å². The fourth-order valence-electron chi connectivity index (χ4n) is 4.21. The van der Waals surface area contributed by atoms with Crippen LogP contribution in [0.1, 0.15) is 11.6 Å². The minimum Gasteiger partial charge on any atom is -0.507 e. The van der Waals surface area contributed by atoms with Crippen LogP contribution in [0.4, 0.5) is 5.69 Å². The van der Waals surface area contributed by atoms with Crippen LogP contribution >= 0.6 is 0 Å². The summed E-state index contributed by atoms with van der Waals surface area (Å²) in [5.41, 5.74) is 4.14. The number of amides is 1. The van der Waals surface area contributed by atoms with Crippen molar-refractivity contribution in [2.24, 2.45) is 0 Å². The molecule has 154 valence electrons. The summed E-state index contributed by atoms with van der Waals surface area (Å²) in [6.07, 6.45) is 1.36. The van der Waals surface area contributed by atoms with Crippen LogP contribution in [0.3, 0.4) is 0 Å². The van der Waals surface area contributed by atoms with Gasteiger partial charge in [0, 0.05) is 48.7 Å². The molecule has 1 aromatic carbocycles. The number of likely N-dealkylation sites (tertiary alicyclic amines) is 1. The molecule has 2 N–H and O–H groups in total. The lowest BCUT2D eigenvalue weighted by Gasteiger charge is -2.40. The summed E-state index contributed by atoms with van der Waals surface area (Å²) in [5, 5.41) is 20.0. The quantitative estimate of drug-likeness (QED) is 0.647. The van der Waals surface area contributed by atoms with Crippen molar-refractivity contribution in [3.8, 4) is 17.0 Å². The molecule has 2 saturated heterocycles. The van der Waals surface area contributed by atoms with Crippen LogP contribution in [0, 0.1) is 0 Å². The monoisotopic (exact) mass is 405 g/mol. The van der Waals surface area contributed by atoms with Gasteiger partial charge in [-0.05, 0) is 24.3 Å². The van der Waals surface area contributed by atoms with E-state index in [2.05, 4.69) is 26.7 Å². The first-order valence-corrected chi connectivity index (χ1v) is 10.1. The molecule has 8 heteroatoms. The van der Waals surface area contributed by atoms with Crippen LogP contribution in [0.25, 0.3) is 22.3 Å². The van der Waals surface area contributed by atoms with E-state index in [1.54, 1.807) is 17.0 Å². The van der Waals surface area contributed by atoms with Gasteiger partial charge in [-0.2, -0.15) is 0 Å². The second-order valence-corrected chi connectivity index (χ2v) is 7.64. The van der Waals surface area contributed by atoms with Gasteiger partial charge in [0.1, 0.15) is 5.75 Å². The number of aromatic nitrogens is 3. The average Bonchev–Trinajstić information content (AvgIpc) is 3.11. The number of carbonyl (C=O) groups is 1. The van der Waals surface area contributed by atoms with Crippen LogP contribution < -0.4 is 4.90 Å². The third kappa shape index (κ3) is 3.09. The Hall–Kier alpha value is -3.39. The van der Waals surface area contributed by atoms with Crippen molar-refractivity contribution < 1.29 is 14.6 Å². The Morgan fingerprint density at radius 2 is 2.00 bits per heavy atom. The van der Waals surface area contributed by atoms with Crippen molar-refractivity contribution in [1.29, 1.82) is 0 Å². The minimum atomic E-state index is -0.0445. The van der Waals surface area contributed by atoms with Gasteiger partial charge in [0.25, 0.3) is 0 Å². The molecule has 0 unspecified atom stereocenters. The molecule has 4 heterocycles. The number of anilines is 1. The molecule has 8 nitrogen and oxygen atoms in total. The van der Waals surface area contributed by atoms with E-state index in [-0.39, 0.29) is 17.6 Å². The first-order valence-electron chi connectivity index (χ1n) is 10.1. The zero-order chi connectivity index (χ0) is 20.7. The largest absolute Gasteiger partial charge is 0.507 e. The number of nitrogens with zero attached hydrogens (tertiary/aromatic N) is 4. The molecule has 2 aliphatic rings. The van der Waals surface area contributed by atoms with Gasteiger partial charge in [0.2, 0.25) is 5.91 Å². The number of phenols is 1. The summed E-state index contributed by atoms with van der Waals surface area (Å²) in [6, 6.07) is 9.11. The number of hydrogen-bond donors (Lipinski definition) is 2. The maximum Gasteiger partial charge on any atom is 0.245 e. The van der Waals surface area contributed by atoms with Crippen LogP contribution in [-0.4, -0.2) is 70.5 Å². The number of nitrogens with one attached hydrogen (secondary N) is 1. The molecule has 0 aliphatic carbocycles. The SMILES string of the molecule is C=CC(=O)N1CC(c2[nH]c3nnc(-c4ccccc4O)cc3c2N2CCOCC2)C1. The van der Waals surface area contributed by atoms with Crippen molar-refractivity contribution in [1.82, 2.24) is 20.1 Å². The Morgan fingerprint density at radius 3 is 2.73 bits per heavy atom. The van der Waals surface area contributed by atoms with Crippen molar-refractivity contribution in [2.45, 2.75) is 5.92 Å². The lowest BCUT2D eigenvalue weighted by molar-refractivity contribution is -0.130. The molecule has 3 aromatic rings. The van der Waals surface area contributed by atoms with Gasteiger partial charge < -0.3 is 24.6 Å². The molecule has 0 atom stereocenters. The Balaban J connectivity index is 1.58. The van der Waals surface area contributed by atoms with Crippen LogP contribution in [0.2, 0.25) is 0 Å². The number of aromatic amines is 1. The summed E-state index contributed by atoms with van der Waals surface area (Å²) < 4.78 is 5.55. The van der Waals surface area contributed by atoms with E-state index in [1.165, 1.54) is 6.08 Å².